The van der Waals surface area contributed by atoms with E-state index in [1.54, 1.807) is 11.8 Å². The Morgan fingerprint density at radius 3 is 2.49 bits per heavy atom. The molecule has 0 aliphatic carbocycles. The van der Waals surface area contributed by atoms with Crippen molar-refractivity contribution in [2.45, 2.75) is 66.0 Å². The van der Waals surface area contributed by atoms with Crippen LogP contribution in [0.25, 0.3) is 16.7 Å². The molecule has 1 aromatic heterocycles. The summed E-state index contributed by atoms with van der Waals surface area (Å²) in [5.41, 5.74) is 2.41. The Kier molecular flexibility index (Phi) is 8.64. The average molecular weight is 509 g/mol. The van der Waals surface area contributed by atoms with Crippen molar-refractivity contribution in [2.24, 2.45) is 4.99 Å². The summed E-state index contributed by atoms with van der Waals surface area (Å²) in [6.07, 6.45) is 0.904. The van der Waals surface area contributed by atoms with Crippen molar-refractivity contribution in [1.29, 1.82) is 5.26 Å². The lowest BCUT2D eigenvalue weighted by atomic mass is 10.00. The molecule has 1 aliphatic heterocycles. The molecular weight excluding hydrogens is 472 g/mol. The van der Waals surface area contributed by atoms with Gasteiger partial charge in [0.05, 0.1) is 12.3 Å². The Morgan fingerprint density at radius 2 is 1.92 bits per heavy atom. The molecule has 1 aliphatic rings. The number of fused-ring (bicyclic) bond motifs is 1. The standard InChI is InChI=1S/C28H36N4O5/c1-8-35-26(33)24(30-7)21(16-29)23(25-18(3)20-15-17(2)9-10-22(20)36-25)31-19-11-13-32(14-12-19)27(34)37-28(4,5)6/h9-10,15,19,31H,8,11-14H2,1-7H3/b23-21-,30-24?. The van der Waals surface area contributed by atoms with E-state index in [9.17, 15) is 14.9 Å². The summed E-state index contributed by atoms with van der Waals surface area (Å²) in [6, 6.07) is 7.96. The average Bonchev–Trinajstić information content (AvgIpc) is 3.16. The fourth-order valence-corrected chi connectivity index (χ4v) is 4.29. The molecule has 0 saturated carbocycles. The maximum atomic E-state index is 12.7. The smallest absolute Gasteiger partial charge is 0.410 e. The molecule has 0 radical (unpaired) electrons. The quantitative estimate of drug-likeness (QED) is 0.335. The van der Waals surface area contributed by atoms with E-state index in [0.29, 0.717) is 43.0 Å². The third kappa shape index (κ3) is 6.50. The third-order valence-corrected chi connectivity index (χ3v) is 6.10. The van der Waals surface area contributed by atoms with Gasteiger partial charge in [0.2, 0.25) is 0 Å². The van der Waals surface area contributed by atoms with E-state index < -0.39 is 11.6 Å². The number of carbonyl (C=O) groups is 2. The van der Waals surface area contributed by atoms with Crippen molar-refractivity contribution < 1.29 is 23.5 Å². The maximum absolute atomic E-state index is 12.7. The van der Waals surface area contributed by atoms with Gasteiger partial charge >= 0.3 is 12.1 Å². The number of rotatable bonds is 6. The topological polar surface area (TPSA) is 117 Å². The SMILES string of the molecule is CCOC(=O)C(=NC)/C(C#N)=C(\NC1CCN(C(=O)OC(C)(C)C)CC1)c1oc2ccc(C)cc2c1C. The summed E-state index contributed by atoms with van der Waals surface area (Å²) in [5.74, 6) is -0.206. The molecule has 9 heteroatoms. The van der Waals surface area contributed by atoms with Crippen molar-refractivity contribution >= 4 is 34.4 Å². The van der Waals surface area contributed by atoms with Gasteiger partial charge in [0, 0.05) is 37.1 Å². The Labute approximate surface area is 218 Å². The Morgan fingerprint density at radius 1 is 1.24 bits per heavy atom. The number of hydrogen-bond donors (Lipinski definition) is 1. The van der Waals surface area contributed by atoms with Gasteiger partial charge in [0.1, 0.15) is 22.8 Å². The molecule has 1 amide bonds. The van der Waals surface area contributed by atoms with Gasteiger partial charge in [-0.05, 0) is 66.5 Å². The van der Waals surface area contributed by atoms with E-state index >= 15 is 0 Å². The summed E-state index contributed by atoms with van der Waals surface area (Å²) < 4.78 is 16.9. The molecule has 2 aromatic rings. The Hall–Kier alpha value is -3.80. The summed E-state index contributed by atoms with van der Waals surface area (Å²) in [7, 11) is 1.45. The van der Waals surface area contributed by atoms with Crippen LogP contribution in [-0.2, 0) is 14.3 Å². The summed E-state index contributed by atoms with van der Waals surface area (Å²) in [5, 5.41) is 14.6. The molecule has 3 rings (SSSR count). The molecule has 37 heavy (non-hydrogen) atoms. The molecule has 1 aromatic carbocycles. The highest BCUT2D eigenvalue weighted by molar-refractivity contribution is 6.45. The van der Waals surface area contributed by atoms with Crippen molar-refractivity contribution in [3.8, 4) is 6.07 Å². The van der Waals surface area contributed by atoms with Crippen molar-refractivity contribution in [3.63, 3.8) is 0 Å². The molecule has 1 fully saturated rings. The number of nitrogens with one attached hydrogen (secondary N) is 1. The number of aliphatic imine (C=N–C) groups is 1. The third-order valence-electron chi connectivity index (χ3n) is 6.10. The number of aryl methyl sites for hydroxylation is 2. The van der Waals surface area contributed by atoms with E-state index in [0.717, 1.165) is 16.5 Å². The van der Waals surface area contributed by atoms with Crippen LogP contribution in [-0.4, -0.2) is 61.1 Å². The van der Waals surface area contributed by atoms with E-state index in [1.807, 2.05) is 52.8 Å². The Balaban J connectivity index is 2.00. The Bertz CT molecular complexity index is 1270. The number of esters is 1. The monoisotopic (exact) mass is 508 g/mol. The molecule has 198 valence electrons. The molecule has 9 nitrogen and oxygen atoms in total. The minimum atomic E-state index is -0.676. The number of hydrogen-bond acceptors (Lipinski definition) is 8. The van der Waals surface area contributed by atoms with Crippen LogP contribution >= 0.6 is 0 Å². The van der Waals surface area contributed by atoms with Crippen LogP contribution in [0.3, 0.4) is 0 Å². The number of furan rings is 1. The normalized spacial score (nSPS) is 15.7. The summed E-state index contributed by atoms with van der Waals surface area (Å²) in [4.78, 5) is 31.0. The highest BCUT2D eigenvalue weighted by atomic mass is 16.6. The zero-order chi connectivity index (χ0) is 27.3. The number of likely N-dealkylation sites (tertiary alicyclic amines) is 1. The van der Waals surface area contributed by atoms with Crippen LogP contribution in [0.15, 0.2) is 33.2 Å². The lowest BCUT2D eigenvalue weighted by molar-refractivity contribution is -0.134. The highest BCUT2D eigenvalue weighted by Gasteiger charge is 2.31. The van der Waals surface area contributed by atoms with Gasteiger partial charge in [-0.15, -0.1) is 0 Å². The highest BCUT2D eigenvalue weighted by Crippen LogP contribution is 2.32. The van der Waals surface area contributed by atoms with E-state index in [1.165, 1.54) is 7.05 Å². The number of piperidine rings is 1. The second kappa shape index (κ2) is 11.5. The number of carbonyl (C=O) groups excluding carboxylic acids is 2. The van der Waals surface area contributed by atoms with Gasteiger partial charge in [-0.3, -0.25) is 4.99 Å². The van der Waals surface area contributed by atoms with Crippen LogP contribution < -0.4 is 5.32 Å². The lowest BCUT2D eigenvalue weighted by Gasteiger charge is -2.34. The van der Waals surface area contributed by atoms with Crippen molar-refractivity contribution in [3.05, 3.63) is 40.7 Å². The molecule has 2 heterocycles. The van der Waals surface area contributed by atoms with E-state index in [-0.39, 0.29) is 30.0 Å². The zero-order valence-corrected chi connectivity index (χ0v) is 22.7. The predicted molar refractivity (Wildman–Crippen MR) is 142 cm³/mol. The minimum Gasteiger partial charge on any atom is -0.461 e. The first-order valence-corrected chi connectivity index (χ1v) is 12.5. The molecule has 1 saturated heterocycles. The minimum absolute atomic E-state index is 0.0504. The molecule has 0 bridgehead atoms. The van der Waals surface area contributed by atoms with Gasteiger partial charge < -0.3 is 24.1 Å². The number of amides is 1. The molecular formula is C28H36N4O5. The molecule has 0 unspecified atom stereocenters. The second-order valence-corrected chi connectivity index (χ2v) is 10.1. The van der Waals surface area contributed by atoms with Crippen LogP contribution in [0.4, 0.5) is 4.79 Å². The van der Waals surface area contributed by atoms with Gasteiger partial charge in [0.25, 0.3) is 0 Å². The first kappa shape index (κ1) is 27.8. The second-order valence-electron chi connectivity index (χ2n) is 10.1. The number of ether oxygens (including phenoxy) is 2. The summed E-state index contributed by atoms with van der Waals surface area (Å²) in [6.45, 7) is 12.3. The number of benzene rings is 1. The van der Waals surface area contributed by atoms with E-state index in [4.69, 9.17) is 13.9 Å². The fourth-order valence-electron chi connectivity index (χ4n) is 4.29. The van der Waals surface area contributed by atoms with Crippen LogP contribution in [0.2, 0.25) is 0 Å². The van der Waals surface area contributed by atoms with Gasteiger partial charge in [-0.2, -0.15) is 5.26 Å². The van der Waals surface area contributed by atoms with Crippen LogP contribution in [0.1, 0.15) is 57.4 Å². The van der Waals surface area contributed by atoms with Crippen molar-refractivity contribution in [2.75, 3.05) is 26.7 Å². The van der Waals surface area contributed by atoms with Gasteiger partial charge in [0.15, 0.2) is 11.5 Å². The first-order valence-electron chi connectivity index (χ1n) is 12.5. The molecule has 0 atom stereocenters. The summed E-state index contributed by atoms with van der Waals surface area (Å²) >= 11 is 0. The van der Waals surface area contributed by atoms with Crippen LogP contribution in [0.5, 0.6) is 0 Å². The molecule has 0 spiro atoms. The lowest BCUT2D eigenvalue weighted by Crippen LogP contribution is -2.46. The number of nitriles is 1. The van der Waals surface area contributed by atoms with Crippen molar-refractivity contribution in [1.82, 2.24) is 10.2 Å². The number of nitrogens with zero attached hydrogens (tertiary/aromatic N) is 3. The van der Waals surface area contributed by atoms with Gasteiger partial charge in [-0.1, -0.05) is 11.6 Å². The van der Waals surface area contributed by atoms with E-state index in [2.05, 4.69) is 16.4 Å². The zero-order valence-electron chi connectivity index (χ0n) is 22.7. The largest absolute Gasteiger partial charge is 0.461 e. The first-order chi connectivity index (χ1) is 17.5. The maximum Gasteiger partial charge on any atom is 0.410 e. The fraction of sp³-hybridized carbons (Fsp3) is 0.500. The van der Waals surface area contributed by atoms with Crippen LogP contribution in [0, 0.1) is 25.2 Å². The van der Waals surface area contributed by atoms with Gasteiger partial charge in [-0.25, -0.2) is 9.59 Å². The molecule has 1 N–H and O–H groups in total. The predicted octanol–water partition coefficient (Wildman–Crippen LogP) is 4.91.